The van der Waals surface area contributed by atoms with Crippen molar-refractivity contribution in [1.82, 2.24) is 14.9 Å². The number of aromatic nitrogens is 2. The third kappa shape index (κ3) is 5.42. The summed E-state index contributed by atoms with van der Waals surface area (Å²) in [6.07, 6.45) is 3.11. The van der Waals surface area contributed by atoms with Crippen LogP contribution in [0.3, 0.4) is 0 Å². The van der Waals surface area contributed by atoms with Gasteiger partial charge in [0.15, 0.2) is 0 Å². The van der Waals surface area contributed by atoms with E-state index in [4.69, 9.17) is 21.1 Å². The summed E-state index contributed by atoms with van der Waals surface area (Å²) in [5, 5.41) is 0.208. The highest BCUT2D eigenvalue weighted by Gasteiger charge is 2.28. The van der Waals surface area contributed by atoms with E-state index >= 15 is 0 Å². The van der Waals surface area contributed by atoms with Gasteiger partial charge in [-0.2, -0.15) is 0 Å². The first-order valence-electron chi connectivity index (χ1n) is 7.40. The standard InChI is InChI=1S/C15H22ClN3O3/c1-15(2,3)22-14(20)19-8-4-5-12(9-19)21-10-11-6-7-17-13(16)18-11/h6-7,12H,4-5,8-10H2,1-3H3. The molecule has 1 aliphatic heterocycles. The Morgan fingerprint density at radius 2 is 2.27 bits per heavy atom. The second kappa shape index (κ2) is 7.24. The Hall–Kier alpha value is -1.40. The molecule has 7 heteroatoms. The zero-order chi connectivity index (χ0) is 16.2. The Bertz CT molecular complexity index is 519. The molecular weight excluding hydrogens is 306 g/mol. The molecule has 1 saturated heterocycles. The van der Waals surface area contributed by atoms with Gasteiger partial charge in [0.05, 0.1) is 24.9 Å². The van der Waals surface area contributed by atoms with Crippen LogP contribution in [0, 0.1) is 0 Å². The molecule has 122 valence electrons. The number of amides is 1. The smallest absolute Gasteiger partial charge is 0.410 e. The summed E-state index contributed by atoms with van der Waals surface area (Å²) in [6.45, 7) is 7.18. The lowest BCUT2D eigenvalue weighted by Gasteiger charge is -2.34. The Balaban J connectivity index is 1.84. The number of ether oxygens (including phenoxy) is 2. The summed E-state index contributed by atoms with van der Waals surface area (Å²) < 4.78 is 11.2. The van der Waals surface area contributed by atoms with Crippen LogP contribution in [-0.2, 0) is 16.1 Å². The minimum absolute atomic E-state index is 0.0185. The number of likely N-dealkylation sites (tertiary alicyclic amines) is 1. The number of hydrogen-bond acceptors (Lipinski definition) is 5. The normalized spacial score (nSPS) is 19.1. The second-order valence-electron chi connectivity index (χ2n) is 6.32. The van der Waals surface area contributed by atoms with E-state index in [1.165, 1.54) is 0 Å². The van der Waals surface area contributed by atoms with Gasteiger partial charge in [-0.1, -0.05) is 0 Å². The topological polar surface area (TPSA) is 64.5 Å². The summed E-state index contributed by atoms with van der Waals surface area (Å²) in [4.78, 5) is 21.7. The molecule has 0 aromatic carbocycles. The maximum absolute atomic E-state index is 12.1. The predicted octanol–water partition coefficient (Wildman–Crippen LogP) is 3.05. The molecule has 1 atom stereocenters. The molecule has 0 aliphatic carbocycles. The Morgan fingerprint density at radius 3 is 2.95 bits per heavy atom. The largest absolute Gasteiger partial charge is 0.444 e. The molecule has 0 spiro atoms. The maximum atomic E-state index is 12.1. The summed E-state index contributed by atoms with van der Waals surface area (Å²) in [5.41, 5.74) is 0.247. The van der Waals surface area contributed by atoms with Crippen molar-refractivity contribution in [2.45, 2.75) is 51.9 Å². The number of carbonyl (C=O) groups is 1. The number of rotatable bonds is 3. The molecule has 1 aliphatic rings. The SMILES string of the molecule is CC(C)(C)OC(=O)N1CCCC(OCc2ccnc(Cl)n2)C1. The van der Waals surface area contributed by atoms with Crippen LogP contribution in [-0.4, -0.2) is 45.8 Å². The Labute approximate surface area is 135 Å². The zero-order valence-electron chi connectivity index (χ0n) is 13.2. The summed E-state index contributed by atoms with van der Waals surface area (Å²) in [7, 11) is 0. The number of carbonyl (C=O) groups excluding carboxylic acids is 1. The van der Waals surface area contributed by atoms with Gasteiger partial charge < -0.3 is 14.4 Å². The molecule has 0 radical (unpaired) electrons. The van der Waals surface area contributed by atoms with Crippen LogP contribution in [0.5, 0.6) is 0 Å². The molecule has 0 saturated carbocycles. The fourth-order valence-corrected chi connectivity index (χ4v) is 2.38. The van der Waals surface area contributed by atoms with Crippen molar-refractivity contribution >= 4 is 17.7 Å². The van der Waals surface area contributed by atoms with Crippen LogP contribution in [0.1, 0.15) is 39.3 Å². The third-order valence-corrected chi connectivity index (χ3v) is 3.36. The molecule has 0 N–H and O–H groups in total. The van der Waals surface area contributed by atoms with Crippen LogP contribution in [0.4, 0.5) is 4.79 Å². The highest BCUT2D eigenvalue weighted by atomic mass is 35.5. The average Bonchev–Trinajstić information content (AvgIpc) is 2.44. The first kappa shape index (κ1) is 17.0. The quantitative estimate of drug-likeness (QED) is 0.798. The molecule has 1 aromatic heterocycles. The number of halogens is 1. The van der Waals surface area contributed by atoms with Crippen molar-refractivity contribution in [2.24, 2.45) is 0 Å². The molecule has 2 heterocycles. The monoisotopic (exact) mass is 327 g/mol. The molecular formula is C15H22ClN3O3. The minimum atomic E-state index is -0.484. The van der Waals surface area contributed by atoms with Gasteiger partial charge in [-0.25, -0.2) is 14.8 Å². The highest BCUT2D eigenvalue weighted by molar-refractivity contribution is 6.28. The van der Waals surface area contributed by atoms with Crippen molar-refractivity contribution in [2.75, 3.05) is 13.1 Å². The molecule has 1 unspecified atom stereocenters. The van der Waals surface area contributed by atoms with Gasteiger partial charge in [-0.3, -0.25) is 0 Å². The average molecular weight is 328 g/mol. The first-order valence-corrected chi connectivity index (χ1v) is 7.78. The van der Waals surface area contributed by atoms with Crippen molar-refractivity contribution in [1.29, 1.82) is 0 Å². The van der Waals surface area contributed by atoms with Gasteiger partial charge in [0.25, 0.3) is 0 Å². The fraction of sp³-hybridized carbons (Fsp3) is 0.667. The molecule has 6 nitrogen and oxygen atoms in total. The molecule has 0 bridgehead atoms. The van der Waals surface area contributed by atoms with Crippen LogP contribution in [0.15, 0.2) is 12.3 Å². The van der Waals surface area contributed by atoms with Crippen LogP contribution >= 0.6 is 11.6 Å². The lowest BCUT2D eigenvalue weighted by atomic mass is 10.1. The molecule has 1 fully saturated rings. The van der Waals surface area contributed by atoms with Crippen molar-refractivity contribution in [3.63, 3.8) is 0 Å². The first-order chi connectivity index (χ1) is 10.3. The summed E-state index contributed by atoms with van der Waals surface area (Å²) >= 11 is 5.75. The minimum Gasteiger partial charge on any atom is -0.444 e. The van der Waals surface area contributed by atoms with Gasteiger partial charge in [-0.15, -0.1) is 0 Å². The van der Waals surface area contributed by atoms with Gasteiger partial charge in [0.2, 0.25) is 5.28 Å². The highest BCUT2D eigenvalue weighted by Crippen LogP contribution is 2.18. The van der Waals surface area contributed by atoms with Gasteiger partial charge >= 0.3 is 6.09 Å². The van der Waals surface area contributed by atoms with Gasteiger partial charge in [0, 0.05) is 12.7 Å². The van der Waals surface area contributed by atoms with E-state index in [9.17, 15) is 4.79 Å². The zero-order valence-corrected chi connectivity index (χ0v) is 14.0. The lowest BCUT2D eigenvalue weighted by Crippen LogP contribution is -2.45. The third-order valence-electron chi connectivity index (χ3n) is 3.18. The molecule has 2 rings (SSSR count). The summed E-state index contributed by atoms with van der Waals surface area (Å²) in [5.74, 6) is 0. The molecule has 22 heavy (non-hydrogen) atoms. The van der Waals surface area contributed by atoms with E-state index in [0.717, 1.165) is 18.5 Å². The molecule has 1 amide bonds. The number of piperidine rings is 1. The Kier molecular flexibility index (Phi) is 5.58. The van der Waals surface area contributed by atoms with E-state index in [2.05, 4.69) is 9.97 Å². The van der Waals surface area contributed by atoms with Gasteiger partial charge in [0.1, 0.15) is 5.60 Å². The van der Waals surface area contributed by atoms with Crippen molar-refractivity contribution in [3.8, 4) is 0 Å². The van der Waals surface area contributed by atoms with Crippen LogP contribution in [0.25, 0.3) is 0 Å². The van der Waals surface area contributed by atoms with E-state index in [1.54, 1.807) is 17.2 Å². The Morgan fingerprint density at radius 1 is 1.50 bits per heavy atom. The van der Waals surface area contributed by atoms with Crippen molar-refractivity contribution < 1.29 is 14.3 Å². The van der Waals surface area contributed by atoms with E-state index in [1.807, 2.05) is 20.8 Å². The van der Waals surface area contributed by atoms with E-state index in [-0.39, 0.29) is 17.5 Å². The second-order valence-corrected chi connectivity index (χ2v) is 6.66. The van der Waals surface area contributed by atoms with Crippen molar-refractivity contribution in [3.05, 3.63) is 23.2 Å². The van der Waals surface area contributed by atoms with Crippen LogP contribution < -0.4 is 0 Å². The number of hydrogen-bond donors (Lipinski definition) is 0. The van der Waals surface area contributed by atoms with Gasteiger partial charge in [-0.05, 0) is 51.3 Å². The van der Waals surface area contributed by atoms with E-state index < -0.39 is 5.60 Å². The van der Waals surface area contributed by atoms with E-state index in [0.29, 0.717) is 19.7 Å². The number of nitrogens with zero attached hydrogens (tertiary/aromatic N) is 3. The predicted molar refractivity (Wildman–Crippen MR) is 82.7 cm³/mol. The summed E-state index contributed by atoms with van der Waals surface area (Å²) in [6, 6.07) is 1.76. The lowest BCUT2D eigenvalue weighted by molar-refractivity contribution is -0.0266. The maximum Gasteiger partial charge on any atom is 0.410 e. The van der Waals surface area contributed by atoms with Crippen LogP contribution in [0.2, 0.25) is 5.28 Å². The fourth-order valence-electron chi connectivity index (χ4n) is 2.22. The molecule has 1 aromatic rings.